The molecule has 2 aliphatic heterocycles. The van der Waals surface area contributed by atoms with Gasteiger partial charge in [-0.15, -0.1) is 56.4 Å². The summed E-state index contributed by atoms with van der Waals surface area (Å²) in [5.41, 5.74) is 8.67. The zero-order valence-corrected chi connectivity index (χ0v) is 39.3. The van der Waals surface area contributed by atoms with E-state index in [1.165, 1.54) is 43.2 Å². The van der Waals surface area contributed by atoms with E-state index < -0.39 is 0 Å². The van der Waals surface area contributed by atoms with Gasteiger partial charge in [0, 0.05) is 133 Å². The maximum atomic E-state index is 4.21. The van der Waals surface area contributed by atoms with Crippen LogP contribution in [0, 0.1) is 0 Å². The van der Waals surface area contributed by atoms with Crippen LogP contribution in [-0.2, 0) is 37.0 Å². The standard InChI is InChI=1S/C50H78N6S2/c1-13-18-52-27-29-55(21-16-4)39-43-35-45(49(6,7)8)33-41-37-53(19-14-2)25-23-51(12)24-26-54(20-15-3)38-42-34-46(50(9,10)11)36-44(40-56(22-17-5)30-28-52)48(42)58-32-31-57-47(41)43/h13-17,33-36H,1-5,18-32,37-40H2,6-12H3. The van der Waals surface area contributed by atoms with Crippen LogP contribution in [-0.4, -0.2) is 133 Å². The third kappa shape index (κ3) is 14.9. The Bertz CT molecular complexity index is 1540. The van der Waals surface area contributed by atoms with E-state index in [4.69, 9.17) is 0 Å². The molecule has 0 saturated carbocycles. The molecular weight excluding hydrogens is 749 g/mol. The maximum Gasteiger partial charge on any atom is 0.0248 e. The molecule has 0 fully saturated rings. The van der Waals surface area contributed by atoms with E-state index in [0.717, 1.165) is 123 Å². The van der Waals surface area contributed by atoms with Gasteiger partial charge in [-0.25, -0.2) is 0 Å². The molecule has 2 aliphatic rings. The lowest BCUT2D eigenvalue weighted by Crippen LogP contribution is -2.40. The molecular formula is C50H78N6S2. The highest BCUT2D eigenvalue weighted by atomic mass is 32.2. The van der Waals surface area contributed by atoms with Gasteiger partial charge in [0.25, 0.3) is 0 Å². The van der Waals surface area contributed by atoms with E-state index in [9.17, 15) is 0 Å². The molecule has 0 spiro atoms. The molecule has 0 N–H and O–H groups in total. The Labute approximate surface area is 364 Å². The quantitative estimate of drug-likeness (QED) is 0.218. The van der Waals surface area contributed by atoms with E-state index in [2.05, 4.69) is 189 Å². The first kappa shape index (κ1) is 48.3. The summed E-state index contributed by atoms with van der Waals surface area (Å²) < 4.78 is 0. The van der Waals surface area contributed by atoms with Gasteiger partial charge in [0.2, 0.25) is 0 Å². The topological polar surface area (TPSA) is 19.4 Å². The van der Waals surface area contributed by atoms with Gasteiger partial charge in [-0.3, -0.25) is 24.5 Å². The molecule has 0 saturated heterocycles. The number of hydrogen-bond donors (Lipinski definition) is 0. The van der Waals surface area contributed by atoms with Crippen molar-refractivity contribution in [2.75, 3.05) is 104 Å². The van der Waals surface area contributed by atoms with Crippen molar-refractivity contribution in [3.63, 3.8) is 0 Å². The van der Waals surface area contributed by atoms with Gasteiger partial charge in [-0.05, 0) is 51.3 Å². The normalized spacial score (nSPS) is 19.2. The fourth-order valence-corrected chi connectivity index (χ4v) is 10.2. The first-order valence-electron chi connectivity index (χ1n) is 21.6. The largest absolute Gasteiger partial charge is 0.304 e. The summed E-state index contributed by atoms with van der Waals surface area (Å²) in [6.07, 6.45) is 10.4. The third-order valence-corrected chi connectivity index (χ3v) is 14.1. The third-order valence-electron chi connectivity index (χ3n) is 11.4. The van der Waals surface area contributed by atoms with Crippen LogP contribution < -0.4 is 0 Å². The predicted octanol–water partition coefficient (Wildman–Crippen LogP) is 9.57. The number of hydrogen-bond acceptors (Lipinski definition) is 8. The molecule has 0 amide bonds. The van der Waals surface area contributed by atoms with Crippen LogP contribution in [0.1, 0.15) is 74.9 Å². The fourth-order valence-electron chi connectivity index (χ4n) is 7.92. The van der Waals surface area contributed by atoms with E-state index in [1.807, 2.05) is 0 Å². The number of benzene rings is 2. The molecule has 0 radical (unpaired) electrons. The van der Waals surface area contributed by atoms with Crippen LogP contribution in [0.5, 0.6) is 0 Å². The minimum absolute atomic E-state index is 0.0290. The molecule has 2 bridgehead atoms. The minimum Gasteiger partial charge on any atom is -0.304 e. The molecule has 6 nitrogen and oxygen atoms in total. The molecule has 320 valence electrons. The Kier molecular flexibility index (Phi) is 19.6. The Morgan fingerprint density at radius 2 is 0.707 bits per heavy atom. The molecule has 8 heteroatoms. The number of thioether (sulfide) groups is 2. The Balaban J connectivity index is 1.97. The van der Waals surface area contributed by atoms with Crippen molar-refractivity contribution < 1.29 is 0 Å². The summed E-state index contributed by atoms with van der Waals surface area (Å²) in [6, 6.07) is 10.1. The molecule has 0 aromatic heterocycles. The van der Waals surface area contributed by atoms with Gasteiger partial charge in [0.15, 0.2) is 0 Å². The van der Waals surface area contributed by atoms with Crippen LogP contribution in [0.3, 0.4) is 0 Å². The van der Waals surface area contributed by atoms with Crippen molar-refractivity contribution in [1.82, 2.24) is 29.4 Å². The second-order valence-corrected chi connectivity index (χ2v) is 20.6. The van der Waals surface area contributed by atoms with Gasteiger partial charge < -0.3 is 4.90 Å². The van der Waals surface area contributed by atoms with E-state index in [0.29, 0.717) is 0 Å². The van der Waals surface area contributed by atoms with E-state index >= 15 is 0 Å². The van der Waals surface area contributed by atoms with Crippen LogP contribution in [0.15, 0.2) is 97.3 Å². The fraction of sp³-hybridized carbons (Fsp3) is 0.560. The Morgan fingerprint density at radius 1 is 0.448 bits per heavy atom. The maximum absolute atomic E-state index is 4.21. The Hall–Kier alpha value is -2.40. The SMILES string of the molecule is C=CCN1CCN(CC=C)Cc2cc(C(C)(C)C)cc3c2SCCSc2c(cc(C(C)(C)C)cc2CN(CC=C)CC1)CN(CC=C)CCN(C)CCN(CC=C)C3. The summed E-state index contributed by atoms with van der Waals surface area (Å²) in [6.45, 7) is 50.9. The zero-order valence-electron chi connectivity index (χ0n) is 37.7. The number of likely N-dealkylation sites (N-methyl/N-ethyl adjacent to an activating group) is 1. The van der Waals surface area contributed by atoms with Gasteiger partial charge in [0.05, 0.1) is 0 Å². The van der Waals surface area contributed by atoms with Crippen LogP contribution in [0.25, 0.3) is 0 Å². The molecule has 2 heterocycles. The van der Waals surface area contributed by atoms with Gasteiger partial charge in [-0.1, -0.05) is 96.2 Å². The van der Waals surface area contributed by atoms with Crippen molar-refractivity contribution in [2.24, 2.45) is 0 Å². The molecule has 4 rings (SSSR count). The molecule has 0 unspecified atom stereocenters. The van der Waals surface area contributed by atoms with Crippen molar-refractivity contribution in [3.05, 3.63) is 121 Å². The van der Waals surface area contributed by atoms with Crippen molar-refractivity contribution in [1.29, 1.82) is 0 Å². The van der Waals surface area contributed by atoms with Crippen molar-refractivity contribution in [3.8, 4) is 0 Å². The molecule has 0 atom stereocenters. The summed E-state index contributed by atoms with van der Waals surface area (Å²) in [7, 11) is 2.29. The van der Waals surface area contributed by atoms with Crippen LogP contribution >= 0.6 is 23.5 Å². The zero-order chi connectivity index (χ0) is 42.3. The van der Waals surface area contributed by atoms with Gasteiger partial charge in [-0.2, -0.15) is 0 Å². The number of rotatable bonds is 10. The minimum atomic E-state index is 0.0290. The highest BCUT2D eigenvalue weighted by molar-refractivity contribution is 8.03. The molecule has 2 aromatic carbocycles. The average Bonchev–Trinajstić information content (AvgIpc) is 3.15. The first-order chi connectivity index (χ1) is 27.7. The van der Waals surface area contributed by atoms with Crippen LogP contribution in [0.4, 0.5) is 0 Å². The smallest absolute Gasteiger partial charge is 0.0248 e. The van der Waals surface area contributed by atoms with E-state index in [-0.39, 0.29) is 10.8 Å². The lowest BCUT2D eigenvalue weighted by Gasteiger charge is -2.32. The first-order valence-corrected chi connectivity index (χ1v) is 23.6. The lowest BCUT2D eigenvalue weighted by molar-refractivity contribution is 0.190. The summed E-state index contributed by atoms with van der Waals surface area (Å²) >= 11 is 4.14. The number of nitrogens with zero attached hydrogens (tertiary/aromatic N) is 6. The number of fused-ring (bicyclic) bond motifs is 3. The second kappa shape index (κ2) is 23.6. The highest BCUT2D eigenvalue weighted by Crippen LogP contribution is 2.38. The van der Waals surface area contributed by atoms with Crippen molar-refractivity contribution in [2.45, 2.75) is 88.3 Å². The van der Waals surface area contributed by atoms with Crippen LogP contribution in [0.2, 0.25) is 0 Å². The highest BCUT2D eigenvalue weighted by Gasteiger charge is 2.25. The average molecular weight is 827 g/mol. The molecule has 0 aliphatic carbocycles. The lowest BCUT2D eigenvalue weighted by atomic mass is 9.84. The predicted molar refractivity (Wildman–Crippen MR) is 258 cm³/mol. The van der Waals surface area contributed by atoms with E-state index in [1.54, 1.807) is 0 Å². The Morgan fingerprint density at radius 3 is 0.983 bits per heavy atom. The summed E-state index contributed by atoms with van der Waals surface area (Å²) in [5, 5.41) is 0. The van der Waals surface area contributed by atoms with Gasteiger partial charge >= 0.3 is 0 Å². The van der Waals surface area contributed by atoms with Gasteiger partial charge in [0.1, 0.15) is 0 Å². The summed E-state index contributed by atoms with van der Waals surface area (Å²) in [4.78, 5) is 18.4. The van der Waals surface area contributed by atoms with Crippen molar-refractivity contribution >= 4 is 23.5 Å². The molecule has 2 aromatic rings. The second-order valence-electron chi connectivity index (χ2n) is 18.4. The summed E-state index contributed by atoms with van der Waals surface area (Å²) in [5.74, 6) is 2.07. The monoisotopic (exact) mass is 827 g/mol. The molecule has 58 heavy (non-hydrogen) atoms.